The second-order valence-electron chi connectivity index (χ2n) is 3.71. The average Bonchev–Trinajstić information content (AvgIpc) is 2.46. The van der Waals surface area contributed by atoms with E-state index in [-0.39, 0.29) is 0 Å². The highest BCUT2D eigenvalue weighted by Crippen LogP contribution is 2.18. The Morgan fingerprint density at radius 2 is 1.39 bits per heavy atom. The molecule has 0 spiro atoms. The summed E-state index contributed by atoms with van der Waals surface area (Å²) in [7, 11) is 3.30. The number of nitrogens with one attached hydrogen (secondary N) is 2. The maximum Gasteiger partial charge on any atom is 0.120 e. The molecule has 2 rings (SSSR count). The highest BCUT2D eigenvalue weighted by Gasteiger charge is 1.96. The molecule has 0 amide bonds. The molecule has 0 aliphatic heterocycles. The lowest BCUT2D eigenvalue weighted by molar-refractivity contribution is 0.415. The molecule has 0 saturated heterocycles. The Bertz CT molecular complexity index is 497. The van der Waals surface area contributed by atoms with Gasteiger partial charge in [-0.2, -0.15) is 0 Å². The molecule has 4 heteroatoms. The van der Waals surface area contributed by atoms with Gasteiger partial charge in [0.25, 0.3) is 0 Å². The van der Waals surface area contributed by atoms with E-state index < -0.39 is 0 Å². The van der Waals surface area contributed by atoms with Crippen LogP contribution in [0.4, 0.5) is 11.4 Å². The number of benzene rings is 2. The zero-order valence-electron chi connectivity index (χ0n) is 10.4. The van der Waals surface area contributed by atoms with Gasteiger partial charge in [0.15, 0.2) is 0 Å². The molecular formula is C14H16N2O2. The minimum absolute atomic E-state index is 0.816. The van der Waals surface area contributed by atoms with Crippen LogP contribution in [0.3, 0.4) is 0 Å². The fourth-order valence-electron chi connectivity index (χ4n) is 1.52. The minimum atomic E-state index is 0.816. The quantitative estimate of drug-likeness (QED) is 0.793. The molecule has 0 bridgehead atoms. The van der Waals surface area contributed by atoms with Gasteiger partial charge in [-0.05, 0) is 36.4 Å². The van der Waals surface area contributed by atoms with E-state index >= 15 is 0 Å². The molecule has 2 N–H and O–H groups in total. The van der Waals surface area contributed by atoms with E-state index in [1.165, 1.54) is 0 Å². The number of hydrogen-bond donors (Lipinski definition) is 2. The number of anilines is 2. The van der Waals surface area contributed by atoms with Crippen LogP contribution in [0.1, 0.15) is 0 Å². The van der Waals surface area contributed by atoms with Crippen LogP contribution in [0, 0.1) is 0 Å². The molecule has 2 aromatic rings. The molecule has 2 aromatic carbocycles. The third kappa shape index (κ3) is 3.07. The van der Waals surface area contributed by atoms with Gasteiger partial charge in [0, 0.05) is 6.07 Å². The van der Waals surface area contributed by atoms with Crippen molar-refractivity contribution in [2.24, 2.45) is 0 Å². The van der Waals surface area contributed by atoms with Crippen LogP contribution in [0.25, 0.3) is 0 Å². The van der Waals surface area contributed by atoms with Crippen LogP contribution < -0.4 is 20.3 Å². The summed E-state index contributed by atoms with van der Waals surface area (Å²) in [5.41, 5.74) is 8.10. The summed E-state index contributed by atoms with van der Waals surface area (Å²) in [6.07, 6.45) is 0. The zero-order chi connectivity index (χ0) is 12.8. The summed E-state index contributed by atoms with van der Waals surface area (Å²) in [4.78, 5) is 0. The molecule has 0 aliphatic carbocycles. The predicted octanol–water partition coefficient (Wildman–Crippen LogP) is 3.14. The summed E-state index contributed by atoms with van der Waals surface area (Å²) >= 11 is 0. The molecule has 0 aromatic heterocycles. The summed E-state index contributed by atoms with van der Waals surface area (Å²) in [6.45, 7) is 0. The SMILES string of the molecule is COc1ccc(NNc2cccc(OC)c2)cc1. The molecule has 0 heterocycles. The van der Waals surface area contributed by atoms with Crippen molar-refractivity contribution in [1.82, 2.24) is 0 Å². The number of methoxy groups -OCH3 is 2. The van der Waals surface area contributed by atoms with Crippen molar-refractivity contribution in [3.05, 3.63) is 48.5 Å². The third-order valence-electron chi connectivity index (χ3n) is 2.51. The fourth-order valence-corrected chi connectivity index (χ4v) is 1.52. The van der Waals surface area contributed by atoms with Crippen molar-refractivity contribution < 1.29 is 9.47 Å². The molecule has 94 valence electrons. The molecule has 0 aliphatic rings. The predicted molar refractivity (Wildman–Crippen MR) is 73.2 cm³/mol. The molecule has 18 heavy (non-hydrogen) atoms. The van der Waals surface area contributed by atoms with Crippen molar-refractivity contribution in [2.75, 3.05) is 25.1 Å². The van der Waals surface area contributed by atoms with Crippen LogP contribution in [-0.4, -0.2) is 14.2 Å². The second kappa shape index (κ2) is 5.82. The van der Waals surface area contributed by atoms with Crippen molar-refractivity contribution >= 4 is 11.4 Å². The van der Waals surface area contributed by atoms with Crippen LogP contribution in [0.5, 0.6) is 11.5 Å². The molecule has 0 atom stereocenters. The van der Waals surface area contributed by atoms with Crippen molar-refractivity contribution in [1.29, 1.82) is 0 Å². The van der Waals surface area contributed by atoms with Crippen LogP contribution in [0.15, 0.2) is 48.5 Å². The number of hydrogen-bond acceptors (Lipinski definition) is 4. The lowest BCUT2D eigenvalue weighted by Gasteiger charge is -2.11. The highest BCUT2D eigenvalue weighted by atomic mass is 16.5. The van der Waals surface area contributed by atoms with Gasteiger partial charge in [0.2, 0.25) is 0 Å². The van der Waals surface area contributed by atoms with E-state index in [9.17, 15) is 0 Å². The average molecular weight is 244 g/mol. The molecule has 4 nitrogen and oxygen atoms in total. The zero-order valence-corrected chi connectivity index (χ0v) is 10.4. The Kier molecular flexibility index (Phi) is 3.91. The van der Waals surface area contributed by atoms with E-state index in [2.05, 4.69) is 10.9 Å². The fraction of sp³-hybridized carbons (Fsp3) is 0.143. The van der Waals surface area contributed by atoms with Crippen LogP contribution in [-0.2, 0) is 0 Å². The largest absolute Gasteiger partial charge is 0.497 e. The second-order valence-corrected chi connectivity index (χ2v) is 3.71. The van der Waals surface area contributed by atoms with Gasteiger partial charge < -0.3 is 20.3 Å². The Balaban J connectivity index is 1.97. The van der Waals surface area contributed by atoms with E-state index in [4.69, 9.17) is 9.47 Å². The minimum Gasteiger partial charge on any atom is -0.497 e. The molecule has 0 radical (unpaired) electrons. The van der Waals surface area contributed by atoms with Crippen LogP contribution in [0.2, 0.25) is 0 Å². The third-order valence-corrected chi connectivity index (χ3v) is 2.51. The summed E-state index contributed by atoms with van der Waals surface area (Å²) in [5.74, 6) is 1.65. The number of rotatable bonds is 5. The van der Waals surface area contributed by atoms with Crippen molar-refractivity contribution in [3.63, 3.8) is 0 Å². The van der Waals surface area contributed by atoms with E-state index in [1.807, 2.05) is 48.5 Å². The summed E-state index contributed by atoms with van der Waals surface area (Å²) < 4.78 is 10.3. The van der Waals surface area contributed by atoms with Gasteiger partial charge in [-0.15, -0.1) is 0 Å². The topological polar surface area (TPSA) is 42.5 Å². The van der Waals surface area contributed by atoms with Gasteiger partial charge in [0.05, 0.1) is 25.6 Å². The Morgan fingerprint density at radius 3 is 2.06 bits per heavy atom. The van der Waals surface area contributed by atoms with Crippen LogP contribution >= 0.6 is 0 Å². The number of hydrazine groups is 1. The van der Waals surface area contributed by atoms with Crippen molar-refractivity contribution in [3.8, 4) is 11.5 Å². The van der Waals surface area contributed by atoms with Gasteiger partial charge >= 0.3 is 0 Å². The molecular weight excluding hydrogens is 228 g/mol. The Morgan fingerprint density at radius 1 is 0.722 bits per heavy atom. The number of ether oxygens (including phenoxy) is 2. The normalized spacial score (nSPS) is 9.67. The first-order valence-electron chi connectivity index (χ1n) is 5.62. The van der Waals surface area contributed by atoms with E-state index in [0.717, 1.165) is 22.9 Å². The van der Waals surface area contributed by atoms with Gasteiger partial charge in [-0.1, -0.05) is 6.07 Å². The Labute approximate surface area is 107 Å². The molecule has 0 saturated carbocycles. The lowest BCUT2D eigenvalue weighted by Crippen LogP contribution is -2.08. The first kappa shape index (κ1) is 12.1. The Hall–Kier alpha value is -2.36. The van der Waals surface area contributed by atoms with E-state index in [0.29, 0.717) is 0 Å². The first-order valence-corrected chi connectivity index (χ1v) is 5.62. The summed E-state index contributed by atoms with van der Waals surface area (Å²) in [5, 5.41) is 0. The first-order chi connectivity index (χ1) is 8.81. The lowest BCUT2D eigenvalue weighted by atomic mass is 10.3. The van der Waals surface area contributed by atoms with E-state index in [1.54, 1.807) is 14.2 Å². The monoisotopic (exact) mass is 244 g/mol. The summed E-state index contributed by atoms with van der Waals surface area (Å²) in [6, 6.07) is 15.4. The maximum atomic E-state index is 5.15. The standard InChI is InChI=1S/C14H16N2O2/c1-17-13-8-6-11(7-9-13)15-16-12-4-3-5-14(10-12)18-2/h3-10,15-16H,1-2H3. The molecule has 0 unspecified atom stereocenters. The highest BCUT2D eigenvalue weighted by molar-refractivity contribution is 5.55. The van der Waals surface area contributed by atoms with Gasteiger partial charge in [-0.25, -0.2) is 0 Å². The van der Waals surface area contributed by atoms with Gasteiger partial charge in [0.1, 0.15) is 11.5 Å². The van der Waals surface area contributed by atoms with Crippen molar-refractivity contribution in [2.45, 2.75) is 0 Å². The van der Waals surface area contributed by atoms with Gasteiger partial charge in [-0.3, -0.25) is 0 Å². The molecule has 0 fully saturated rings. The maximum absolute atomic E-state index is 5.15. The smallest absolute Gasteiger partial charge is 0.120 e.